The molecule has 0 bridgehead atoms. The molecule has 1 fully saturated rings. The number of rotatable bonds is 4. The Morgan fingerprint density at radius 1 is 1.32 bits per heavy atom. The van der Waals surface area contributed by atoms with Crippen molar-refractivity contribution in [3.8, 4) is 17.0 Å². The Morgan fingerprint density at radius 2 is 2.08 bits per heavy atom. The molecule has 1 aromatic carbocycles. The van der Waals surface area contributed by atoms with Gasteiger partial charge in [0.15, 0.2) is 0 Å². The molecule has 3 rings (SSSR count). The molecule has 1 atom stereocenters. The maximum atomic E-state index is 12.4. The predicted octanol–water partition coefficient (Wildman–Crippen LogP) is 2.18. The largest absolute Gasteiger partial charge is 0.497 e. The molecule has 1 aromatic heterocycles. The molecule has 1 saturated heterocycles. The molecule has 2 heterocycles. The van der Waals surface area contributed by atoms with Crippen LogP contribution in [0.5, 0.6) is 5.75 Å². The molecule has 0 spiro atoms. The van der Waals surface area contributed by atoms with Crippen LogP contribution in [0.2, 0.25) is 0 Å². The van der Waals surface area contributed by atoms with E-state index in [1.54, 1.807) is 7.11 Å². The first-order valence-electron chi connectivity index (χ1n) is 8.55. The second-order valence-electron chi connectivity index (χ2n) is 6.56. The summed E-state index contributed by atoms with van der Waals surface area (Å²) in [6.07, 6.45) is 3.63. The lowest BCUT2D eigenvalue weighted by Gasteiger charge is -2.31. The van der Waals surface area contributed by atoms with E-state index in [9.17, 15) is 9.59 Å². The second kappa shape index (κ2) is 7.51. The smallest absolute Gasteiger partial charge is 0.254 e. The molecular weight excluding hydrogens is 318 g/mol. The summed E-state index contributed by atoms with van der Waals surface area (Å²) >= 11 is 0. The molecule has 0 aliphatic carbocycles. The van der Waals surface area contributed by atoms with E-state index in [1.807, 2.05) is 29.2 Å². The van der Waals surface area contributed by atoms with Crippen molar-refractivity contribution < 1.29 is 9.53 Å². The molecule has 6 heteroatoms. The van der Waals surface area contributed by atoms with E-state index in [0.29, 0.717) is 11.6 Å². The number of hydrogen-bond donors (Lipinski definition) is 0. The Hall–Kier alpha value is -2.63. The number of nitrogens with zero attached hydrogens (tertiary/aromatic N) is 3. The van der Waals surface area contributed by atoms with Crippen molar-refractivity contribution in [3.05, 3.63) is 47.0 Å². The average Bonchev–Trinajstić information content (AvgIpc) is 2.63. The van der Waals surface area contributed by atoms with Gasteiger partial charge in [-0.2, -0.15) is 0 Å². The summed E-state index contributed by atoms with van der Waals surface area (Å²) < 4.78 is 6.50. The van der Waals surface area contributed by atoms with E-state index in [1.165, 1.54) is 17.0 Å². The van der Waals surface area contributed by atoms with Gasteiger partial charge in [0.2, 0.25) is 5.91 Å². The van der Waals surface area contributed by atoms with Gasteiger partial charge in [-0.15, -0.1) is 0 Å². The zero-order valence-electron chi connectivity index (χ0n) is 14.6. The van der Waals surface area contributed by atoms with Crippen molar-refractivity contribution in [1.29, 1.82) is 0 Å². The van der Waals surface area contributed by atoms with Gasteiger partial charge in [0.1, 0.15) is 12.3 Å². The van der Waals surface area contributed by atoms with Crippen LogP contribution in [0, 0.1) is 5.92 Å². The highest BCUT2D eigenvalue weighted by atomic mass is 16.5. The molecule has 6 nitrogen and oxygen atoms in total. The van der Waals surface area contributed by atoms with Crippen molar-refractivity contribution in [2.45, 2.75) is 26.3 Å². The highest BCUT2D eigenvalue weighted by Crippen LogP contribution is 2.19. The molecule has 0 saturated carbocycles. The predicted molar refractivity (Wildman–Crippen MR) is 95.5 cm³/mol. The molecule has 0 radical (unpaired) electrons. The third kappa shape index (κ3) is 4.07. The van der Waals surface area contributed by atoms with Crippen LogP contribution in [0.3, 0.4) is 0 Å². The zero-order chi connectivity index (χ0) is 17.8. The minimum atomic E-state index is -0.223. The SMILES string of the molecule is COc1ccc(-c2cc(=O)n(CC(=O)N3CCC[C@H](C)C3)cn2)cc1. The summed E-state index contributed by atoms with van der Waals surface area (Å²) in [6.45, 7) is 3.73. The van der Waals surface area contributed by atoms with Crippen LogP contribution in [0.4, 0.5) is 0 Å². The van der Waals surface area contributed by atoms with E-state index in [-0.39, 0.29) is 18.0 Å². The molecule has 2 aromatic rings. The molecule has 1 aliphatic rings. The maximum Gasteiger partial charge on any atom is 0.254 e. The van der Waals surface area contributed by atoms with E-state index < -0.39 is 0 Å². The van der Waals surface area contributed by atoms with Gasteiger partial charge in [0.25, 0.3) is 5.56 Å². The van der Waals surface area contributed by atoms with E-state index in [2.05, 4.69) is 11.9 Å². The summed E-state index contributed by atoms with van der Waals surface area (Å²) in [6, 6.07) is 8.82. The fraction of sp³-hybridized carbons (Fsp3) is 0.421. The number of piperidine rings is 1. The number of methoxy groups -OCH3 is 1. The van der Waals surface area contributed by atoms with Gasteiger partial charge in [-0.25, -0.2) is 4.98 Å². The topological polar surface area (TPSA) is 64.4 Å². The number of amides is 1. The van der Waals surface area contributed by atoms with Gasteiger partial charge >= 0.3 is 0 Å². The quantitative estimate of drug-likeness (QED) is 0.855. The summed E-state index contributed by atoms with van der Waals surface area (Å²) in [7, 11) is 1.61. The van der Waals surface area contributed by atoms with E-state index >= 15 is 0 Å². The standard InChI is InChI=1S/C19H23N3O3/c1-14-4-3-9-21(11-14)19(24)12-22-13-20-17(10-18(22)23)15-5-7-16(25-2)8-6-15/h5-8,10,13-14H,3-4,9,11-12H2,1-2H3/t14-/m0/s1. The first-order chi connectivity index (χ1) is 12.1. The Bertz CT molecular complexity index is 798. The Morgan fingerprint density at radius 3 is 2.72 bits per heavy atom. The highest BCUT2D eigenvalue weighted by molar-refractivity contribution is 5.76. The van der Waals surface area contributed by atoms with Crippen LogP contribution in [0.25, 0.3) is 11.3 Å². The Kier molecular flexibility index (Phi) is 5.16. The summed E-state index contributed by atoms with van der Waals surface area (Å²) in [5, 5.41) is 0. The number of aromatic nitrogens is 2. The maximum absolute atomic E-state index is 12.4. The van der Waals surface area contributed by atoms with Gasteiger partial charge in [0, 0.05) is 24.7 Å². The minimum Gasteiger partial charge on any atom is -0.497 e. The average molecular weight is 341 g/mol. The van der Waals surface area contributed by atoms with Crippen LogP contribution in [-0.4, -0.2) is 40.6 Å². The van der Waals surface area contributed by atoms with Crippen LogP contribution < -0.4 is 10.3 Å². The first-order valence-corrected chi connectivity index (χ1v) is 8.55. The van der Waals surface area contributed by atoms with E-state index in [0.717, 1.165) is 37.2 Å². The molecule has 0 unspecified atom stereocenters. The summed E-state index contributed by atoms with van der Waals surface area (Å²) in [5.74, 6) is 1.25. The number of hydrogen-bond acceptors (Lipinski definition) is 4. The van der Waals surface area contributed by atoms with Crippen molar-refractivity contribution in [3.63, 3.8) is 0 Å². The third-order valence-electron chi connectivity index (χ3n) is 4.58. The molecule has 1 amide bonds. The van der Waals surface area contributed by atoms with Crippen molar-refractivity contribution >= 4 is 5.91 Å². The molecule has 132 valence electrons. The number of ether oxygens (including phenoxy) is 1. The first kappa shape index (κ1) is 17.2. The van der Waals surface area contributed by atoms with Crippen molar-refractivity contribution in [1.82, 2.24) is 14.5 Å². The Labute approximate surface area is 147 Å². The number of benzene rings is 1. The fourth-order valence-corrected chi connectivity index (χ4v) is 3.13. The molecular formula is C19H23N3O3. The van der Waals surface area contributed by atoms with Gasteiger partial charge in [-0.3, -0.25) is 14.2 Å². The van der Waals surface area contributed by atoms with Crippen molar-refractivity contribution in [2.75, 3.05) is 20.2 Å². The fourth-order valence-electron chi connectivity index (χ4n) is 3.13. The molecule has 1 aliphatic heterocycles. The monoisotopic (exact) mass is 341 g/mol. The van der Waals surface area contributed by atoms with Gasteiger partial charge in [-0.1, -0.05) is 6.92 Å². The van der Waals surface area contributed by atoms with Crippen LogP contribution >= 0.6 is 0 Å². The minimum absolute atomic E-state index is 0.0207. The lowest BCUT2D eigenvalue weighted by Crippen LogP contribution is -2.42. The van der Waals surface area contributed by atoms with Crippen molar-refractivity contribution in [2.24, 2.45) is 5.92 Å². The lowest BCUT2D eigenvalue weighted by molar-refractivity contribution is -0.133. The van der Waals surface area contributed by atoms with Crippen LogP contribution in [0.1, 0.15) is 19.8 Å². The van der Waals surface area contributed by atoms with Crippen LogP contribution in [0.15, 0.2) is 41.5 Å². The van der Waals surface area contributed by atoms with Gasteiger partial charge in [0.05, 0.1) is 19.1 Å². The number of carbonyl (C=O) groups excluding carboxylic acids is 1. The zero-order valence-corrected chi connectivity index (χ0v) is 14.6. The summed E-state index contributed by atoms with van der Waals surface area (Å²) in [5.41, 5.74) is 1.20. The number of carbonyl (C=O) groups is 1. The van der Waals surface area contributed by atoms with Gasteiger partial charge in [-0.05, 0) is 43.0 Å². The lowest BCUT2D eigenvalue weighted by atomic mass is 10.0. The highest BCUT2D eigenvalue weighted by Gasteiger charge is 2.21. The van der Waals surface area contributed by atoms with E-state index in [4.69, 9.17) is 4.74 Å². The van der Waals surface area contributed by atoms with Crippen LogP contribution in [-0.2, 0) is 11.3 Å². The summed E-state index contributed by atoms with van der Waals surface area (Å²) in [4.78, 5) is 30.9. The van der Waals surface area contributed by atoms with Gasteiger partial charge < -0.3 is 9.64 Å². The normalized spacial score (nSPS) is 17.4. The number of likely N-dealkylation sites (tertiary alicyclic amines) is 1. The second-order valence-corrected chi connectivity index (χ2v) is 6.56. The third-order valence-corrected chi connectivity index (χ3v) is 4.58. The molecule has 0 N–H and O–H groups in total. The Balaban J connectivity index is 1.73. The molecule has 25 heavy (non-hydrogen) atoms.